The molecule has 7 heteroatoms. The summed E-state index contributed by atoms with van der Waals surface area (Å²) in [5, 5.41) is 10.3. The number of imidazole rings is 1. The Morgan fingerprint density at radius 1 is 1.14 bits per heavy atom. The van der Waals surface area contributed by atoms with Gasteiger partial charge in [-0.05, 0) is 43.3 Å². The summed E-state index contributed by atoms with van der Waals surface area (Å²) in [6.07, 6.45) is 3.34. The van der Waals surface area contributed by atoms with Gasteiger partial charge in [-0.2, -0.15) is 0 Å². The maximum atomic E-state index is 12.1. The van der Waals surface area contributed by atoms with Crippen LogP contribution in [0.25, 0.3) is 34.1 Å². The Kier molecular flexibility index (Phi) is 4.41. The van der Waals surface area contributed by atoms with E-state index < -0.39 is 11.2 Å². The van der Waals surface area contributed by atoms with E-state index in [9.17, 15) is 9.90 Å². The van der Waals surface area contributed by atoms with E-state index in [1.807, 2.05) is 30.3 Å². The number of hydrogen-bond acceptors (Lipinski definition) is 6. The minimum Gasteiger partial charge on any atom is -0.501 e. The molecule has 4 rings (SSSR count). The van der Waals surface area contributed by atoms with Gasteiger partial charge < -0.3 is 19.2 Å². The van der Waals surface area contributed by atoms with Crippen LogP contribution in [0.5, 0.6) is 11.5 Å². The van der Waals surface area contributed by atoms with Crippen molar-refractivity contribution in [3.8, 4) is 45.6 Å². The Morgan fingerprint density at radius 2 is 1.93 bits per heavy atom. The maximum Gasteiger partial charge on any atom is 0.227 e. The molecule has 2 N–H and O–H groups in total. The third kappa shape index (κ3) is 3.14. The number of hydrogen-bond donors (Lipinski definition) is 2. The number of ether oxygens (including phenoxy) is 1. The average molecular weight is 375 g/mol. The Bertz CT molecular complexity index is 1180. The first-order chi connectivity index (χ1) is 13.6. The number of aromatic amines is 1. The number of rotatable bonds is 4. The predicted molar refractivity (Wildman–Crippen MR) is 104 cm³/mol. The number of nitrogens with zero attached hydrogens (tertiary/aromatic N) is 2. The van der Waals surface area contributed by atoms with Crippen LogP contribution in [0.15, 0.2) is 64.1 Å². The van der Waals surface area contributed by atoms with Crippen molar-refractivity contribution in [3.63, 3.8) is 0 Å². The topological polar surface area (TPSA) is 101 Å². The molecular formula is C21H17N3O4. The molecule has 0 atom stereocenters. The standard InChI is InChI=1S/C21H17N3O4/c1-12-10-16(25)19(26)20(28-12)18-17(13-5-7-15(27-2)8-6-13)23-21(24-18)14-4-3-9-22-11-14/h3-11,26H,1-2H3,(H,23,24). The van der Waals surface area contributed by atoms with Gasteiger partial charge in [-0.3, -0.25) is 9.78 Å². The molecule has 0 fully saturated rings. The summed E-state index contributed by atoms with van der Waals surface area (Å²) in [4.78, 5) is 24.0. The lowest BCUT2D eigenvalue weighted by atomic mass is 10.1. The largest absolute Gasteiger partial charge is 0.501 e. The molecule has 0 aliphatic carbocycles. The molecule has 1 aromatic carbocycles. The number of pyridine rings is 1. The van der Waals surface area contributed by atoms with Gasteiger partial charge in [0.05, 0.1) is 7.11 Å². The van der Waals surface area contributed by atoms with E-state index in [2.05, 4.69) is 15.0 Å². The fourth-order valence-corrected chi connectivity index (χ4v) is 2.91. The van der Waals surface area contributed by atoms with Gasteiger partial charge in [0.25, 0.3) is 0 Å². The molecule has 4 aromatic rings. The van der Waals surface area contributed by atoms with Crippen LogP contribution < -0.4 is 10.2 Å². The molecule has 0 bridgehead atoms. The van der Waals surface area contributed by atoms with Crippen LogP contribution in [0.1, 0.15) is 5.76 Å². The molecule has 7 nitrogen and oxygen atoms in total. The molecule has 28 heavy (non-hydrogen) atoms. The second kappa shape index (κ2) is 7.03. The highest BCUT2D eigenvalue weighted by molar-refractivity contribution is 5.81. The Balaban J connectivity index is 1.96. The van der Waals surface area contributed by atoms with Gasteiger partial charge in [0.2, 0.25) is 11.2 Å². The van der Waals surface area contributed by atoms with Gasteiger partial charge in [0, 0.05) is 29.6 Å². The Labute approximate surface area is 160 Å². The van der Waals surface area contributed by atoms with Crippen molar-refractivity contribution < 1.29 is 14.3 Å². The maximum absolute atomic E-state index is 12.1. The fraction of sp³-hybridized carbons (Fsp3) is 0.0952. The van der Waals surface area contributed by atoms with Crippen LogP contribution in [0.4, 0.5) is 0 Å². The van der Waals surface area contributed by atoms with Crippen molar-refractivity contribution >= 4 is 0 Å². The third-order valence-corrected chi connectivity index (χ3v) is 4.28. The van der Waals surface area contributed by atoms with Gasteiger partial charge in [-0.25, -0.2) is 4.98 Å². The molecule has 0 aliphatic rings. The van der Waals surface area contributed by atoms with Gasteiger partial charge >= 0.3 is 0 Å². The molecule has 0 aliphatic heterocycles. The van der Waals surface area contributed by atoms with E-state index in [0.717, 1.165) is 11.1 Å². The van der Waals surface area contributed by atoms with Crippen LogP contribution in [0, 0.1) is 6.92 Å². The first kappa shape index (κ1) is 17.5. The lowest BCUT2D eigenvalue weighted by Crippen LogP contribution is -2.01. The third-order valence-electron chi connectivity index (χ3n) is 4.28. The second-order valence-corrected chi connectivity index (χ2v) is 6.18. The number of aromatic hydroxyl groups is 1. The van der Waals surface area contributed by atoms with Crippen molar-refractivity contribution in [1.29, 1.82) is 0 Å². The fourth-order valence-electron chi connectivity index (χ4n) is 2.91. The van der Waals surface area contributed by atoms with E-state index in [0.29, 0.717) is 28.7 Å². The second-order valence-electron chi connectivity index (χ2n) is 6.18. The molecule has 140 valence electrons. The SMILES string of the molecule is COc1ccc(-c2nc(-c3cccnc3)[nH]c2-c2oc(C)cc(=O)c2O)cc1. The summed E-state index contributed by atoms with van der Waals surface area (Å²) in [6, 6.07) is 12.2. The smallest absolute Gasteiger partial charge is 0.227 e. The van der Waals surface area contributed by atoms with Crippen molar-refractivity contribution in [3.05, 3.63) is 70.8 Å². The van der Waals surface area contributed by atoms with Gasteiger partial charge in [0.15, 0.2) is 5.76 Å². The molecular weight excluding hydrogens is 358 g/mol. The minimum atomic E-state index is -0.517. The monoisotopic (exact) mass is 375 g/mol. The molecule has 0 amide bonds. The average Bonchev–Trinajstić information content (AvgIpc) is 3.16. The summed E-state index contributed by atoms with van der Waals surface area (Å²) in [7, 11) is 1.59. The molecule has 0 saturated heterocycles. The van der Waals surface area contributed by atoms with Crippen LogP contribution in [-0.4, -0.2) is 27.2 Å². The molecule has 0 unspecified atom stereocenters. The Morgan fingerprint density at radius 3 is 2.61 bits per heavy atom. The van der Waals surface area contributed by atoms with Crippen molar-refractivity contribution in [2.75, 3.05) is 7.11 Å². The zero-order chi connectivity index (χ0) is 19.7. The summed E-state index contributed by atoms with van der Waals surface area (Å²) >= 11 is 0. The number of H-pyrrole nitrogens is 1. The highest BCUT2D eigenvalue weighted by atomic mass is 16.5. The van der Waals surface area contributed by atoms with E-state index >= 15 is 0 Å². The van der Waals surface area contributed by atoms with Crippen molar-refractivity contribution in [1.82, 2.24) is 15.0 Å². The Hall–Kier alpha value is -3.87. The summed E-state index contributed by atoms with van der Waals surface area (Å²) in [6.45, 7) is 1.65. The molecule has 3 aromatic heterocycles. The molecule has 0 saturated carbocycles. The molecule has 0 spiro atoms. The van der Waals surface area contributed by atoms with Crippen molar-refractivity contribution in [2.24, 2.45) is 0 Å². The lowest BCUT2D eigenvalue weighted by molar-refractivity contribution is 0.415. The zero-order valence-electron chi connectivity index (χ0n) is 15.3. The van der Waals surface area contributed by atoms with Gasteiger partial charge in [0.1, 0.15) is 28.7 Å². The van der Waals surface area contributed by atoms with E-state index in [-0.39, 0.29) is 5.76 Å². The number of nitrogens with one attached hydrogen (secondary N) is 1. The molecule has 3 heterocycles. The summed E-state index contributed by atoms with van der Waals surface area (Å²) < 4.78 is 10.9. The number of benzene rings is 1. The zero-order valence-corrected chi connectivity index (χ0v) is 15.3. The normalized spacial score (nSPS) is 10.8. The predicted octanol–water partition coefficient (Wildman–Crippen LogP) is 3.78. The number of methoxy groups -OCH3 is 1. The number of aromatic nitrogens is 3. The summed E-state index contributed by atoms with van der Waals surface area (Å²) in [5.41, 5.74) is 1.95. The summed E-state index contributed by atoms with van der Waals surface area (Å²) in [5.74, 6) is 1.20. The first-order valence-electron chi connectivity index (χ1n) is 8.55. The van der Waals surface area contributed by atoms with E-state index in [1.165, 1.54) is 6.07 Å². The van der Waals surface area contributed by atoms with Crippen LogP contribution in [-0.2, 0) is 0 Å². The first-order valence-corrected chi connectivity index (χ1v) is 8.55. The highest BCUT2D eigenvalue weighted by Crippen LogP contribution is 2.36. The van der Waals surface area contributed by atoms with E-state index in [1.54, 1.807) is 32.5 Å². The van der Waals surface area contributed by atoms with Gasteiger partial charge in [-0.15, -0.1) is 0 Å². The quantitative estimate of drug-likeness (QED) is 0.563. The lowest BCUT2D eigenvalue weighted by Gasteiger charge is -2.06. The van der Waals surface area contributed by atoms with Crippen LogP contribution in [0.2, 0.25) is 0 Å². The van der Waals surface area contributed by atoms with Gasteiger partial charge in [-0.1, -0.05) is 0 Å². The number of aryl methyl sites for hydroxylation is 1. The van der Waals surface area contributed by atoms with E-state index in [4.69, 9.17) is 9.15 Å². The van der Waals surface area contributed by atoms with Crippen LogP contribution in [0.3, 0.4) is 0 Å². The molecule has 0 radical (unpaired) electrons. The highest BCUT2D eigenvalue weighted by Gasteiger charge is 2.22. The van der Waals surface area contributed by atoms with Crippen molar-refractivity contribution in [2.45, 2.75) is 6.92 Å². The minimum absolute atomic E-state index is 0.0402. The van der Waals surface area contributed by atoms with Crippen LogP contribution >= 0.6 is 0 Å².